The van der Waals surface area contributed by atoms with Gasteiger partial charge in [-0.15, -0.1) is 0 Å². The predicted molar refractivity (Wildman–Crippen MR) is 110 cm³/mol. The van der Waals surface area contributed by atoms with Crippen molar-refractivity contribution >= 4 is 11.8 Å². The molecule has 2 amide bonds. The van der Waals surface area contributed by atoms with Gasteiger partial charge in [-0.25, -0.2) is 0 Å². The van der Waals surface area contributed by atoms with E-state index in [4.69, 9.17) is 4.74 Å². The van der Waals surface area contributed by atoms with Gasteiger partial charge in [0.25, 0.3) is 0 Å². The summed E-state index contributed by atoms with van der Waals surface area (Å²) < 4.78 is 5.72. The first-order valence-corrected chi connectivity index (χ1v) is 9.94. The molecule has 0 aliphatic carbocycles. The first-order chi connectivity index (χ1) is 14.1. The van der Waals surface area contributed by atoms with Gasteiger partial charge in [-0.05, 0) is 25.1 Å². The van der Waals surface area contributed by atoms with Gasteiger partial charge >= 0.3 is 0 Å². The van der Waals surface area contributed by atoms with Crippen LogP contribution in [-0.2, 0) is 22.7 Å². The van der Waals surface area contributed by atoms with Crippen LogP contribution in [0.2, 0.25) is 0 Å². The van der Waals surface area contributed by atoms with Crippen molar-refractivity contribution in [3.05, 3.63) is 59.9 Å². The summed E-state index contributed by atoms with van der Waals surface area (Å²) in [6.45, 7) is 4.77. The molecule has 1 saturated heterocycles. The van der Waals surface area contributed by atoms with Crippen molar-refractivity contribution in [1.82, 2.24) is 20.1 Å². The van der Waals surface area contributed by atoms with E-state index in [2.05, 4.69) is 15.2 Å². The molecule has 0 spiro atoms. The fourth-order valence-corrected chi connectivity index (χ4v) is 3.47. The molecular weight excluding hydrogens is 368 g/mol. The van der Waals surface area contributed by atoms with Crippen molar-refractivity contribution in [3.63, 3.8) is 0 Å². The molecule has 1 N–H and O–H groups in total. The van der Waals surface area contributed by atoms with Gasteiger partial charge in [0.15, 0.2) is 0 Å². The molecule has 2 heterocycles. The first-order valence-electron chi connectivity index (χ1n) is 9.94. The molecule has 7 heteroatoms. The van der Waals surface area contributed by atoms with Crippen LogP contribution in [0.4, 0.5) is 0 Å². The van der Waals surface area contributed by atoms with Crippen LogP contribution < -0.4 is 10.1 Å². The Labute approximate surface area is 171 Å². The van der Waals surface area contributed by atoms with Gasteiger partial charge in [-0.2, -0.15) is 0 Å². The van der Waals surface area contributed by atoms with E-state index in [1.807, 2.05) is 49.4 Å². The zero-order chi connectivity index (χ0) is 20.6. The van der Waals surface area contributed by atoms with Crippen molar-refractivity contribution in [2.45, 2.75) is 32.5 Å². The smallest absolute Gasteiger partial charge is 0.237 e. The minimum atomic E-state index is -0.503. The van der Waals surface area contributed by atoms with Crippen LogP contribution in [0.25, 0.3) is 0 Å². The number of piperazine rings is 1. The summed E-state index contributed by atoms with van der Waals surface area (Å²) in [6, 6.07) is 13.0. The quantitative estimate of drug-likeness (QED) is 0.737. The van der Waals surface area contributed by atoms with Gasteiger partial charge in [0.1, 0.15) is 5.75 Å². The summed E-state index contributed by atoms with van der Waals surface area (Å²) in [4.78, 5) is 33.3. The number of hydrogen-bond donors (Lipinski definition) is 1. The third-order valence-corrected chi connectivity index (χ3v) is 5.01. The molecular formula is C22H28N4O3. The molecule has 0 saturated carbocycles. The maximum Gasteiger partial charge on any atom is 0.237 e. The Morgan fingerprint density at radius 1 is 1.28 bits per heavy atom. The van der Waals surface area contributed by atoms with E-state index >= 15 is 0 Å². The lowest BCUT2D eigenvalue weighted by Gasteiger charge is -2.35. The van der Waals surface area contributed by atoms with E-state index < -0.39 is 6.04 Å². The Morgan fingerprint density at radius 3 is 2.83 bits per heavy atom. The number of amides is 2. The zero-order valence-corrected chi connectivity index (χ0v) is 17.0. The molecule has 1 aromatic carbocycles. The lowest BCUT2D eigenvalue weighted by atomic mass is 10.1. The molecule has 1 aromatic heterocycles. The second-order valence-electron chi connectivity index (χ2n) is 7.09. The van der Waals surface area contributed by atoms with Crippen molar-refractivity contribution in [2.75, 3.05) is 26.7 Å². The standard InChI is InChI=1S/C22H28N4O3/c1-3-29-20-10-5-4-8-17(20)15-26-13-12-24-22(28)19(26)14-21(27)25(2)16-18-9-6-7-11-23-18/h4-11,19H,3,12-16H2,1-2H3,(H,24,28)/t19-/m1/s1. The van der Waals surface area contributed by atoms with Crippen molar-refractivity contribution in [3.8, 4) is 5.75 Å². The minimum Gasteiger partial charge on any atom is -0.494 e. The fourth-order valence-electron chi connectivity index (χ4n) is 3.47. The van der Waals surface area contributed by atoms with Crippen molar-refractivity contribution in [2.24, 2.45) is 0 Å². The number of rotatable bonds is 8. The number of aromatic nitrogens is 1. The number of nitrogens with zero attached hydrogens (tertiary/aromatic N) is 3. The van der Waals surface area contributed by atoms with Crippen LogP contribution in [0.5, 0.6) is 5.75 Å². The third kappa shape index (κ3) is 5.54. The molecule has 2 aromatic rings. The Hall–Kier alpha value is -2.93. The van der Waals surface area contributed by atoms with E-state index in [1.54, 1.807) is 18.1 Å². The number of carbonyl (C=O) groups excluding carboxylic acids is 2. The first kappa shape index (κ1) is 20.8. The SMILES string of the molecule is CCOc1ccccc1CN1CCNC(=O)[C@H]1CC(=O)N(C)Cc1ccccn1. The van der Waals surface area contributed by atoms with E-state index in [-0.39, 0.29) is 18.2 Å². The number of benzene rings is 1. The van der Waals surface area contributed by atoms with Crippen molar-refractivity contribution < 1.29 is 14.3 Å². The highest BCUT2D eigenvalue weighted by molar-refractivity contribution is 5.88. The Balaban J connectivity index is 1.68. The summed E-state index contributed by atoms with van der Waals surface area (Å²) in [5.41, 5.74) is 1.84. The normalized spacial score (nSPS) is 16.9. The lowest BCUT2D eigenvalue weighted by molar-refractivity contribution is -0.138. The summed E-state index contributed by atoms with van der Waals surface area (Å²) in [5, 5.41) is 2.89. The Kier molecular flexibility index (Phi) is 7.19. The highest BCUT2D eigenvalue weighted by Gasteiger charge is 2.32. The number of nitrogens with one attached hydrogen (secondary N) is 1. The van der Waals surface area contributed by atoms with Gasteiger partial charge in [-0.3, -0.25) is 19.5 Å². The van der Waals surface area contributed by atoms with Gasteiger partial charge < -0.3 is 15.0 Å². The third-order valence-electron chi connectivity index (χ3n) is 5.01. The zero-order valence-electron chi connectivity index (χ0n) is 17.0. The van der Waals surface area contributed by atoms with E-state index in [0.717, 1.165) is 17.0 Å². The minimum absolute atomic E-state index is 0.0826. The molecule has 7 nitrogen and oxygen atoms in total. The Bertz CT molecular complexity index is 828. The number of hydrogen-bond acceptors (Lipinski definition) is 5. The van der Waals surface area contributed by atoms with Crippen LogP contribution in [0.3, 0.4) is 0 Å². The van der Waals surface area contributed by atoms with Gasteiger partial charge in [0.2, 0.25) is 11.8 Å². The lowest BCUT2D eigenvalue weighted by Crippen LogP contribution is -2.56. The molecule has 154 valence electrons. The molecule has 1 aliphatic rings. The molecule has 1 aliphatic heterocycles. The van der Waals surface area contributed by atoms with E-state index in [0.29, 0.717) is 32.8 Å². The molecule has 0 radical (unpaired) electrons. The number of para-hydroxylation sites is 1. The number of ether oxygens (including phenoxy) is 1. The fraction of sp³-hybridized carbons (Fsp3) is 0.409. The van der Waals surface area contributed by atoms with Crippen LogP contribution in [0.1, 0.15) is 24.6 Å². The summed E-state index contributed by atoms with van der Waals surface area (Å²) >= 11 is 0. The topological polar surface area (TPSA) is 74.8 Å². The van der Waals surface area contributed by atoms with Crippen LogP contribution in [-0.4, -0.2) is 59.4 Å². The second-order valence-corrected chi connectivity index (χ2v) is 7.09. The van der Waals surface area contributed by atoms with E-state index in [1.165, 1.54) is 0 Å². The van der Waals surface area contributed by atoms with E-state index in [9.17, 15) is 9.59 Å². The van der Waals surface area contributed by atoms with Gasteiger partial charge in [0, 0.05) is 38.4 Å². The van der Waals surface area contributed by atoms with Crippen molar-refractivity contribution in [1.29, 1.82) is 0 Å². The van der Waals surface area contributed by atoms with Crippen LogP contribution in [0, 0.1) is 0 Å². The number of pyridine rings is 1. The predicted octanol–water partition coefficient (Wildman–Crippen LogP) is 1.83. The maximum absolute atomic E-state index is 12.8. The number of carbonyl (C=O) groups is 2. The van der Waals surface area contributed by atoms with Gasteiger partial charge in [0.05, 0.1) is 31.3 Å². The molecule has 0 bridgehead atoms. The molecule has 3 rings (SSSR count). The Morgan fingerprint density at radius 2 is 2.07 bits per heavy atom. The second kappa shape index (κ2) is 10.0. The largest absolute Gasteiger partial charge is 0.494 e. The molecule has 1 fully saturated rings. The highest BCUT2D eigenvalue weighted by Crippen LogP contribution is 2.22. The van der Waals surface area contributed by atoms with Crippen LogP contribution in [0.15, 0.2) is 48.7 Å². The summed E-state index contributed by atoms with van der Waals surface area (Å²) in [7, 11) is 1.74. The summed E-state index contributed by atoms with van der Waals surface area (Å²) in [5.74, 6) is 0.629. The van der Waals surface area contributed by atoms with Gasteiger partial charge in [-0.1, -0.05) is 24.3 Å². The highest BCUT2D eigenvalue weighted by atomic mass is 16.5. The monoisotopic (exact) mass is 396 g/mol. The average Bonchev–Trinajstić information content (AvgIpc) is 2.72. The summed E-state index contributed by atoms with van der Waals surface area (Å²) in [6.07, 6.45) is 1.84. The maximum atomic E-state index is 12.8. The molecule has 0 unspecified atom stereocenters. The molecule has 29 heavy (non-hydrogen) atoms. The van der Waals surface area contributed by atoms with Crippen LogP contribution >= 0.6 is 0 Å². The molecule has 1 atom stereocenters. The average molecular weight is 396 g/mol.